The third-order valence-corrected chi connectivity index (χ3v) is 4.17. The average molecular weight is 391 g/mol. The van der Waals surface area contributed by atoms with E-state index in [0.29, 0.717) is 23.5 Å². The van der Waals surface area contributed by atoms with Crippen molar-refractivity contribution < 1.29 is 14.3 Å². The maximum absolute atomic E-state index is 12.1. The largest absolute Gasteiger partial charge is 0.494 e. The molecule has 0 spiro atoms. The molecule has 2 rings (SSSR count). The standard InChI is InChI=1S/C18H19BrN2O3/c1-3-10-24-15-8-6-13(7-9-15)17(22)20-21-18(23)14-5-4-12(2)16(19)11-14/h4-9,11H,3,10H2,1-2H3,(H,20,22)(H,21,23). The second-order valence-electron chi connectivity index (χ2n) is 5.25. The van der Waals surface area contributed by atoms with Crippen molar-refractivity contribution in [2.24, 2.45) is 0 Å². The van der Waals surface area contributed by atoms with Gasteiger partial charge in [-0.05, 0) is 55.3 Å². The lowest BCUT2D eigenvalue weighted by atomic mass is 10.1. The summed E-state index contributed by atoms with van der Waals surface area (Å²) in [6, 6.07) is 12.0. The molecule has 0 radical (unpaired) electrons. The number of carbonyl (C=O) groups excluding carboxylic acids is 2. The van der Waals surface area contributed by atoms with Crippen molar-refractivity contribution in [3.05, 3.63) is 63.6 Å². The first kappa shape index (κ1) is 18.0. The van der Waals surface area contributed by atoms with Crippen LogP contribution in [0.15, 0.2) is 46.9 Å². The summed E-state index contributed by atoms with van der Waals surface area (Å²) in [5, 5.41) is 0. The molecule has 0 saturated carbocycles. The van der Waals surface area contributed by atoms with Gasteiger partial charge in [-0.2, -0.15) is 0 Å². The van der Waals surface area contributed by atoms with Crippen LogP contribution >= 0.6 is 15.9 Å². The van der Waals surface area contributed by atoms with Gasteiger partial charge in [-0.3, -0.25) is 20.4 Å². The molecule has 6 heteroatoms. The molecule has 2 aromatic carbocycles. The molecule has 0 aliphatic heterocycles. The lowest BCUT2D eigenvalue weighted by molar-refractivity contribution is 0.0846. The topological polar surface area (TPSA) is 67.4 Å². The van der Waals surface area contributed by atoms with Crippen molar-refractivity contribution in [3.8, 4) is 5.75 Å². The van der Waals surface area contributed by atoms with Gasteiger partial charge in [-0.15, -0.1) is 0 Å². The van der Waals surface area contributed by atoms with E-state index in [1.165, 1.54) is 0 Å². The Bertz CT molecular complexity index is 730. The number of halogens is 1. The zero-order valence-corrected chi connectivity index (χ0v) is 15.1. The van der Waals surface area contributed by atoms with Crippen molar-refractivity contribution in [2.75, 3.05) is 6.61 Å². The van der Waals surface area contributed by atoms with E-state index in [9.17, 15) is 9.59 Å². The molecular formula is C18H19BrN2O3. The Labute approximate surface area is 149 Å². The van der Waals surface area contributed by atoms with Gasteiger partial charge in [0, 0.05) is 15.6 Å². The van der Waals surface area contributed by atoms with Crippen LogP contribution in [0.1, 0.15) is 39.6 Å². The molecule has 0 heterocycles. The highest BCUT2D eigenvalue weighted by Crippen LogP contribution is 2.17. The summed E-state index contributed by atoms with van der Waals surface area (Å²) in [4.78, 5) is 24.1. The molecule has 126 valence electrons. The van der Waals surface area contributed by atoms with Gasteiger partial charge in [0.15, 0.2) is 0 Å². The lowest BCUT2D eigenvalue weighted by Gasteiger charge is -2.09. The number of hydrogen-bond acceptors (Lipinski definition) is 3. The summed E-state index contributed by atoms with van der Waals surface area (Å²) in [7, 11) is 0. The minimum atomic E-state index is -0.392. The number of carbonyl (C=O) groups is 2. The van der Waals surface area contributed by atoms with E-state index in [4.69, 9.17) is 4.74 Å². The van der Waals surface area contributed by atoms with Crippen LogP contribution in [0.2, 0.25) is 0 Å². The van der Waals surface area contributed by atoms with Gasteiger partial charge >= 0.3 is 0 Å². The lowest BCUT2D eigenvalue weighted by Crippen LogP contribution is -2.41. The number of rotatable bonds is 5. The Kier molecular flexibility index (Phi) is 6.37. The normalized spacial score (nSPS) is 10.1. The highest BCUT2D eigenvalue weighted by molar-refractivity contribution is 9.10. The van der Waals surface area contributed by atoms with Gasteiger partial charge in [-0.25, -0.2) is 0 Å². The number of hydrazine groups is 1. The fourth-order valence-electron chi connectivity index (χ4n) is 1.91. The van der Waals surface area contributed by atoms with Gasteiger partial charge < -0.3 is 4.74 Å². The van der Waals surface area contributed by atoms with Crippen molar-refractivity contribution in [3.63, 3.8) is 0 Å². The second-order valence-corrected chi connectivity index (χ2v) is 6.10. The highest BCUT2D eigenvalue weighted by Gasteiger charge is 2.10. The Balaban J connectivity index is 1.92. The minimum absolute atomic E-state index is 0.382. The molecule has 2 aromatic rings. The van der Waals surface area contributed by atoms with Gasteiger partial charge in [0.2, 0.25) is 0 Å². The molecule has 0 unspecified atom stereocenters. The second kappa shape index (κ2) is 8.49. The number of ether oxygens (including phenoxy) is 1. The summed E-state index contributed by atoms with van der Waals surface area (Å²) >= 11 is 3.38. The predicted molar refractivity (Wildman–Crippen MR) is 96.0 cm³/mol. The Morgan fingerprint density at radius 2 is 1.58 bits per heavy atom. The Hall–Kier alpha value is -2.34. The maximum atomic E-state index is 12.1. The van der Waals surface area contributed by atoms with E-state index in [1.807, 2.05) is 19.9 Å². The van der Waals surface area contributed by atoms with Crippen LogP contribution in [0.3, 0.4) is 0 Å². The van der Waals surface area contributed by atoms with Crippen LogP contribution in [-0.2, 0) is 0 Å². The zero-order chi connectivity index (χ0) is 17.5. The molecule has 0 saturated heterocycles. The fourth-order valence-corrected chi connectivity index (χ4v) is 2.29. The van der Waals surface area contributed by atoms with E-state index < -0.39 is 5.91 Å². The summed E-state index contributed by atoms with van der Waals surface area (Å²) in [5.41, 5.74) is 6.72. The SMILES string of the molecule is CCCOc1ccc(C(=O)NNC(=O)c2ccc(C)c(Br)c2)cc1. The maximum Gasteiger partial charge on any atom is 0.269 e. The summed E-state index contributed by atoms with van der Waals surface area (Å²) in [6.45, 7) is 4.59. The molecular weight excluding hydrogens is 372 g/mol. The van der Waals surface area contributed by atoms with Crippen LogP contribution in [0.25, 0.3) is 0 Å². The molecule has 2 amide bonds. The van der Waals surface area contributed by atoms with E-state index in [2.05, 4.69) is 26.8 Å². The van der Waals surface area contributed by atoms with Gasteiger partial charge in [0.1, 0.15) is 5.75 Å². The molecule has 0 aliphatic carbocycles. The summed E-state index contributed by atoms with van der Waals surface area (Å²) in [6.07, 6.45) is 0.920. The van der Waals surface area contributed by atoms with Crippen molar-refractivity contribution >= 4 is 27.7 Å². The van der Waals surface area contributed by atoms with Crippen molar-refractivity contribution in [2.45, 2.75) is 20.3 Å². The monoisotopic (exact) mass is 390 g/mol. The van der Waals surface area contributed by atoms with Crippen LogP contribution in [-0.4, -0.2) is 18.4 Å². The highest BCUT2D eigenvalue weighted by atomic mass is 79.9. The molecule has 0 atom stereocenters. The minimum Gasteiger partial charge on any atom is -0.494 e. The third kappa shape index (κ3) is 4.83. The third-order valence-electron chi connectivity index (χ3n) is 3.31. The van der Waals surface area contributed by atoms with Crippen LogP contribution in [0.5, 0.6) is 5.75 Å². The Morgan fingerprint density at radius 1 is 1.00 bits per heavy atom. The van der Waals surface area contributed by atoms with Gasteiger partial charge in [-0.1, -0.05) is 28.9 Å². The molecule has 2 N–H and O–H groups in total. The van der Waals surface area contributed by atoms with E-state index >= 15 is 0 Å². The first-order valence-corrected chi connectivity index (χ1v) is 8.40. The first-order valence-electron chi connectivity index (χ1n) is 7.61. The predicted octanol–water partition coefficient (Wildman–Crippen LogP) is 3.62. The molecule has 0 bridgehead atoms. The summed E-state index contributed by atoms with van der Waals surface area (Å²) in [5.74, 6) is -0.0644. The summed E-state index contributed by atoms with van der Waals surface area (Å²) < 4.78 is 6.30. The quantitative estimate of drug-likeness (QED) is 0.766. The van der Waals surface area contributed by atoms with Gasteiger partial charge in [0.25, 0.3) is 11.8 Å². The van der Waals surface area contributed by atoms with E-state index in [-0.39, 0.29) is 5.91 Å². The zero-order valence-electron chi connectivity index (χ0n) is 13.6. The van der Waals surface area contributed by atoms with E-state index in [0.717, 1.165) is 16.5 Å². The van der Waals surface area contributed by atoms with Crippen molar-refractivity contribution in [1.82, 2.24) is 10.9 Å². The number of amides is 2. The average Bonchev–Trinajstić information content (AvgIpc) is 2.60. The first-order chi connectivity index (χ1) is 11.5. The molecule has 0 aromatic heterocycles. The van der Waals surface area contributed by atoms with Crippen molar-refractivity contribution in [1.29, 1.82) is 0 Å². The molecule has 5 nitrogen and oxygen atoms in total. The molecule has 0 fully saturated rings. The number of hydrogen-bond donors (Lipinski definition) is 2. The molecule has 0 aliphatic rings. The number of nitrogens with one attached hydrogen (secondary N) is 2. The fraction of sp³-hybridized carbons (Fsp3) is 0.222. The van der Waals surface area contributed by atoms with Crippen LogP contribution in [0, 0.1) is 6.92 Å². The molecule has 24 heavy (non-hydrogen) atoms. The Morgan fingerprint density at radius 3 is 2.17 bits per heavy atom. The van der Waals surface area contributed by atoms with Crippen LogP contribution in [0.4, 0.5) is 0 Å². The number of aryl methyl sites for hydroxylation is 1. The smallest absolute Gasteiger partial charge is 0.269 e. The van der Waals surface area contributed by atoms with Gasteiger partial charge in [0.05, 0.1) is 6.61 Å². The number of benzene rings is 2. The van der Waals surface area contributed by atoms with E-state index in [1.54, 1.807) is 36.4 Å². The van der Waals surface area contributed by atoms with Crippen LogP contribution < -0.4 is 15.6 Å².